The van der Waals surface area contributed by atoms with Gasteiger partial charge in [0, 0.05) is 37.2 Å². The average molecular weight is 432 g/mol. The molecule has 0 aliphatic carbocycles. The first-order valence-corrected chi connectivity index (χ1v) is 11.2. The molecule has 0 radical (unpaired) electrons. The number of hydrogen-bond acceptors (Lipinski definition) is 6. The summed E-state index contributed by atoms with van der Waals surface area (Å²) in [5.41, 5.74) is 0.872. The summed E-state index contributed by atoms with van der Waals surface area (Å²) in [4.78, 5) is 14.6. The summed E-state index contributed by atoms with van der Waals surface area (Å²) in [7, 11) is -2.22. The van der Waals surface area contributed by atoms with Crippen molar-refractivity contribution in [3.05, 3.63) is 54.1 Å². The number of carbonyl (C=O) groups is 1. The highest BCUT2D eigenvalue weighted by Crippen LogP contribution is 2.31. The molecule has 2 saturated heterocycles. The Hall–Kier alpha value is -2.62. The van der Waals surface area contributed by atoms with Gasteiger partial charge in [0.2, 0.25) is 0 Å². The van der Waals surface area contributed by atoms with Gasteiger partial charge in [-0.1, -0.05) is 0 Å². The first-order chi connectivity index (χ1) is 14.4. The second-order valence-corrected chi connectivity index (χ2v) is 8.94. The van der Waals surface area contributed by atoms with E-state index in [1.165, 1.54) is 24.3 Å². The largest absolute Gasteiger partial charge is 0.497 e. The first kappa shape index (κ1) is 20.6. The van der Waals surface area contributed by atoms with E-state index in [2.05, 4.69) is 4.72 Å². The summed E-state index contributed by atoms with van der Waals surface area (Å²) < 4.78 is 44.2. The molecule has 0 unspecified atom stereocenters. The Morgan fingerprint density at radius 3 is 2.17 bits per heavy atom. The lowest BCUT2D eigenvalue weighted by Gasteiger charge is -2.37. The zero-order valence-corrected chi connectivity index (χ0v) is 17.5. The van der Waals surface area contributed by atoms with E-state index in [9.17, 15) is 13.2 Å². The van der Waals surface area contributed by atoms with Gasteiger partial charge in [-0.25, -0.2) is 8.42 Å². The number of nitrogens with one attached hydrogen (secondary N) is 1. The minimum absolute atomic E-state index is 0.0835. The lowest BCUT2D eigenvalue weighted by atomic mass is 10.0. The van der Waals surface area contributed by atoms with Crippen molar-refractivity contribution in [1.82, 2.24) is 4.90 Å². The Morgan fingerprint density at radius 2 is 1.60 bits per heavy atom. The second kappa shape index (κ2) is 8.25. The molecule has 0 aromatic heterocycles. The number of nitrogens with zero attached hydrogens (tertiary/aromatic N) is 1. The summed E-state index contributed by atoms with van der Waals surface area (Å²) in [6.07, 6.45) is 1.27. The number of carbonyl (C=O) groups excluding carboxylic acids is 1. The van der Waals surface area contributed by atoms with Crippen LogP contribution in [0.1, 0.15) is 23.2 Å². The van der Waals surface area contributed by atoms with Crippen molar-refractivity contribution >= 4 is 21.6 Å². The van der Waals surface area contributed by atoms with Crippen molar-refractivity contribution in [2.24, 2.45) is 0 Å². The fourth-order valence-corrected chi connectivity index (χ4v) is 4.73. The van der Waals surface area contributed by atoms with Crippen LogP contribution in [0.4, 0.5) is 5.69 Å². The highest BCUT2D eigenvalue weighted by Gasteiger charge is 2.40. The zero-order chi connectivity index (χ0) is 21.2. The van der Waals surface area contributed by atoms with Gasteiger partial charge in [0.15, 0.2) is 5.79 Å². The maximum absolute atomic E-state index is 12.8. The Kier molecular flexibility index (Phi) is 5.68. The topological polar surface area (TPSA) is 94.2 Å². The van der Waals surface area contributed by atoms with E-state index in [1.807, 2.05) is 0 Å². The minimum Gasteiger partial charge on any atom is -0.497 e. The standard InChI is InChI=1S/C21H24N2O6S/c1-27-18-6-4-17(5-7-18)22-30(25,26)19-8-2-16(3-9-19)20(24)23-12-10-21(11-13-23)28-14-15-29-21/h2-9,22H,10-15H2,1H3. The summed E-state index contributed by atoms with van der Waals surface area (Å²) in [6, 6.07) is 12.5. The van der Waals surface area contributed by atoms with Crippen LogP contribution >= 0.6 is 0 Å². The number of ether oxygens (including phenoxy) is 3. The van der Waals surface area contributed by atoms with Crippen molar-refractivity contribution in [2.45, 2.75) is 23.5 Å². The van der Waals surface area contributed by atoms with Crippen LogP contribution < -0.4 is 9.46 Å². The van der Waals surface area contributed by atoms with E-state index in [4.69, 9.17) is 14.2 Å². The highest BCUT2D eigenvalue weighted by atomic mass is 32.2. The van der Waals surface area contributed by atoms with Crippen LogP contribution in [-0.2, 0) is 19.5 Å². The van der Waals surface area contributed by atoms with Gasteiger partial charge in [-0.15, -0.1) is 0 Å². The molecule has 30 heavy (non-hydrogen) atoms. The van der Waals surface area contributed by atoms with Crippen LogP contribution in [-0.4, -0.2) is 58.4 Å². The predicted octanol–water partition coefficient (Wildman–Crippen LogP) is 2.48. The van der Waals surface area contributed by atoms with E-state index < -0.39 is 15.8 Å². The Balaban J connectivity index is 1.41. The molecule has 8 nitrogen and oxygen atoms in total. The van der Waals surface area contributed by atoms with Gasteiger partial charge in [0.05, 0.1) is 25.2 Å². The molecule has 2 fully saturated rings. The average Bonchev–Trinajstić information content (AvgIpc) is 3.22. The van der Waals surface area contributed by atoms with Crippen LogP contribution in [0, 0.1) is 0 Å². The van der Waals surface area contributed by atoms with Gasteiger partial charge < -0.3 is 19.1 Å². The molecular weight excluding hydrogens is 408 g/mol. The molecule has 0 saturated carbocycles. The maximum atomic E-state index is 12.8. The normalized spacial score (nSPS) is 18.4. The van der Waals surface area contributed by atoms with Crippen molar-refractivity contribution in [2.75, 3.05) is 38.1 Å². The smallest absolute Gasteiger partial charge is 0.261 e. The van der Waals surface area contributed by atoms with E-state index in [-0.39, 0.29) is 10.8 Å². The fourth-order valence-electron chi connectivity index (χ4n) is 3.67. The number of amides is 1. The SMILES string of the molecule is COc1ccc(NS(=O)(=O)c2ccc(C(=O)N3CCC4(CC3)OCCO4)cc2)cc1. The predicted molar refractivity (Wildman–Crippen MR) is 110 cm³/mol. The van der Waals surface area contributed by atoms with E-state index in [0.29, 0.717) is 56.1 Å². The molecule has 9 heteroatoms. The van der Waals surface area contributed by atoms with Gasteiger partial charge in [-0.05, 0) is 48.5 Å². The van der Waals surface area contributed by atoms with Crippen molar-refractivity contribution < 1.29 is 27.4 Å². The van der Waals surface area contributed by atoms with Gasteiger partial charge >= 0.3 is 0 Å². The molecule has 1 N–H and O–H groups in total. The van der Waals surface area contributed by atoms with Crippen molar-refractivity contribution in [3.63, 3.8) is 0 Å². The Labute approximate surface area is 175 Å². The van der Waals surface area contributed by atoms with Crippen LogP contribution in [0.3, 0.4) is 0 Å². The monoisotopic (exact) mass is 432 g/mol. The first-order valence-electron chi connectivity index (χ1n) is 9.75. The van der Waals surface area contributed by atoms with E-state index in [0.717, 1.165) is 0 Å². The molecule has 2 aliphatic heterocycles. The van der Waals surface area contributed by atoms with Crippen LogP contribution in [0.25, 0.3) is 0 Å². The van der Waals surface area contributed by atoms with Crippen LogP contribution in [0.5, 0.6) is 5.75 Å². The van der Waals surface area contributed by atoms with Crippen LogP contribution in [0.15, 0.2) is 53.4 Å². The molecule has 2 heterocycles. The maximum Gasteiger partial charge on any atom is 0.261 e. The van der Waals surface area contributed by atoms with E-state index >= 15 is 0 Å². The number of benzene rings is 2. The number of likely N-dealkylation sites (tertiary alicyclic amines) is 1. The Bertz CT molecular complexity index is 989. The molecule has 1 amide bonds. The van der Waals surface area contributed by atoms with Crippen molar-refractivity contribution in [1.29, 1.82) is 0 Å². The third kappa shape index (κ3) is 4.28. The molecule has 2 aromatic carbocycles. The lowest BCUT2D eigenvalue weighted by molar-refractivity contribution is -0.181. The molecule has 0 bridgehead atoms. The molecule has 2 aliphatic rings. The van der Waals surface area contributed by atoms with E-state index in [1.54, 1.807) is 36.3 Å². The number of methoxy groups -OCH3 is 1. The van der Waals surface area contributed by atoms with Gasteiger partial charge in [0.1, 0.15) is 5.75 Å². The van der Waals surface area contributed by atoms with Crippen LogP contribution in [0.2, 0.25) is 0 Å². The Morgan fingerprint density at radius 1 is 1.00 bits per heavy atom. The minimum atomic E-state index is -3.76. The molecule has 1 spiro atoms. The van der Waals surface area contributed by atoms with Gasteiger partial charge in [-0.2, -0.15) is 0 Å². The number of piperidine rings is 1. The van der Waals surface area contributed by atoms with Gasteiger partial charge in [-0.3, -0.25) is 9.52 Å². The third-order valence-corrected chi connectivity index (χ3v) is 6.78. The third-order valence-electron chi connectivity index (χ3n) is 5.38. The molecule has 160 valence electrons. The summed E-state index contributed by atoms with van der Waals surface area (Å²) in [5, 5.41) is 0. The lowest BCUT2D eigenvalue weighted by Crippen LogP contribution is -2.47. The summed E-state index contributed by atoms with van der Waals surface area (Å²) in [5.74, 6) is -0.0348. The number of anilines is 1. The molecule has 0 atom stereocenters. The quantitative estimate of drug-likeness (QED) is 0.780. The van der Waals surface area contributed by atoms with Crippen molar-refractivity contribution in [3.8, 4) is 5.75 Å². The molecular formula is C21H24N2O6S. The van der Waals surface area contributed by atoms with Gasteiger partial charge in [0.25, 0.3) is 15.9 Å². The molecule has 2 aromatic rings. The number of rotatable bonds is 5. The summed E-state index contributed by atoms with van der Waals surface area (Å²) in [6.45, 7) is 2.26. The number of hydrogen-bond donors (Lipinski definition) is 1. The summed E-state index contributed by atoms with van der Waals surface area (Å²) >= 11 is 0. The highest BCUT2D eigenvalue weighted by molar-refractivity contribution is 7.92. The second-order valence-electron chi connectivity index (χ2n) is 7.26. The molecule has 4 rings (SSSR count). The zero-order valence-electron chi connectivity index (χ0n) is 16.7. The number of sulfonamides is 1. The fraction of sp³-hybridized carbons (Fsp3) is 0.381.